The number of aliphatic hydroxyl groups is 1. The number of hydrogen-bond donors (Lipinski definition) is 3. The van der Waals surface area contributed by atoms with Crippen LogP contribution in [-0.2, 0) is 6.54 Å². The van der Waals surface area contributed by atoms with Gasteiger partial charge in [-0.3, -0.25) is 19.1 Å². The Morgan fingerprint density at radius 3 is 2.58 bits per heavy atom. The average Bonchev–Trinajstić information content (AvgIpc) is 2.53. The number of aliphatic hydroxyl groups excluding tert-OH is 1. The summed E-state index contributed by atoms with van der Waals surface area (Å²) in [6.07, 6.45) is 0. The zero-order chi connectivity index (χ0) is 18.0. The minimum atomic E-state index is -0.649. The summed E-state index contributed by atoms with van der Waals surface area (Å²) in [4.78, 5) is 43.5. The predicted octanol–water partition coefficient (Wildman–Crippen LogP) is 0.339. The molecule has 2 rings (SSSR count). The monoisotopic (exact) mass is 334 g/mol. The molecule has 0 bridgehead atoms. The molecule has 24 heavy (non-hydrogen) atoms. The fourth-order valence-electron chi connectivity index (χ4n) is 2.41. The number of aromatic nitrogens is 3. The molecule has 8 nitrogen and oxygen atoms in total. The van der Waals surface area contributed by atoms with Gasteiger partial charge in [0.2, 0.25) is 0 Å². The number of aromatic amines is 1. The molecule has 0 fully saturated rings. The fourth-order valence-corrected chi connectivity index (χ4v) is 2.41. The molecule has 0 aliphatic carbocycles. The maximum Gasteiger partial charge on any atom is 0.329 e. The number of aryl methyl sites for hydroxylation is 1. The standard InChI is InChI=1S/C16H22N4O4/c1-5-20-13-12(15(23)19-16(20)24)10(6-11(18-13)8(2)3)14(22)17-9(4)7-21/h6,8-9,21H,5,7H2,1-4H3,(H,17,22)(H,19,23,24). The molecule has 8 heteroatoms. The van der Waals surface area contributed by atoms with Gasteiger partial charge in [0.15, 0.2) is 5.65 Å². The maximum atomic E-state index is 12.5. The molecular weight excluding hydrogens is 312 g/mol. The minimum Gasteiger partial charge on any atom is -0.394 e. The first kappa shape index (κ1) is 17.9. The van der Waals surface area contributed by atoms with Gasteiger partial charge in [-0.25, -0.2) is 9.78 Å². The number of carbonyl (C=O) groups is 1. The summed E-state index contributed by atoms with van der Waals surface area (Å²) in [5, 5.41) is 11.8. The smallest absolute Gasteiger partial charge is 0.329 e. The molecule has 2 heterocycles. The zero-order valence-corrected chi connectivity index (χ0v) is 14.2. The first-order valence-corrected chi connectivity index (χ1v) is 7.89. The van der Waals surface area contributed by atoms with Crippen LogP contribution in [0.2, 0.25) is 0 Å². The lowest BCUT2D eigenvalue weighted by Crippen LogP contribution is -2.37. The fraction of sp³-hybridized carbons (Fsp3) is 0.500. The van der Waals surface area contributed by atoms with Crippen LogP contribution >= 0.6 is 0 Å². The molecule has 3 N–H and O–H groups in total. The average molecular weight is 334 g/mol. The van der Waals surface area contributed by atoms with Crippen LogP contribution in [0.4, 0.5) is 0 Å². The molecule has 0 aliphatic rings. The van der Waals surface area contributed by atoms with Gasteiger partial charge in [-0.15, -0.1) is 0 Å². The number of nitrogens with zero attached hydrogens (tertiary/aromatic N) is 2. The van der Waals surface area contributed by atoms with E-state index in [4.69, 9.17) is 5.11 Å². The van der Waals surface area contributed by atoms with Crippen LogP contribution in [0.25, 0.3) is 11.0 Å². The summed E-state index contributed by atoms with van der Waals surface area (Å²) in [5.74, 6) is -0.478. The molecule has 1 amide bonds. The van der Waals surface area contributed by atoms with E-state index in [1.165, 1.54) is 4.57 Å². The second-order valence-corrected chi connectivity index (χ2v) is 6.01. The Morgan fingerprint density at radius 2 is 2.04 bits per heavy atom. The Hall–Kier alpha value is -2.48. The Morgan fingerprint density at radius 1 is 1.38 bits per heavy atom. The predicted molar refractivity (Wildman–Crippen MR) is 90.4 cm³/mol. The van der Waals surface area contributed by atoms with E-state index < -0.39 is 23.2 Å². The molecule has 0 aliphatic heterocycles. The summed E-state index contributed by atoms with van der Waals surface area (Å²) in [6.45, 7) is 7.32. The molecule has 0 spiro atoms. The van der Waals surface area contributed by atoms with Crippen molar-refractivity contribution < 1.29 is 9.90 Å². The summed E-state index contributed by atoms with van der Waals surface area (Å²) < 4.78 is 1.33. The second kappa shape index (κ2) is 6.96. The Labute approximate surface area is 138 Å². The number of hydrogen-bond acceptors (Lipinski definition) is 5. The van der Waals surface area contributed by atoms with Gasteiger partial charge in [-0.05, 0) is 25.8 Å². The van der Waals surface area contributed by atoms with Gasteiger partial charge in [0.05, 0.1) is 17.6 Å². The lowest BCUT2D eigenvalue weighted by atomic mass is 10.0. The first-order chi connectivity index (χ1) is 11.3. The summed E-state index contributed by atoms with van der Waals surface area (Å²) in [7, 11) is 0. The molecule has 0 aromatic carbocycles. The number of pyridine rings is 1. The van der Waals surface area contributed by atoms with E-state index >= 15 is 0 Å². The number of amides is 1. The normalized spacial score (nSPS) is 12.6. The van der Waals surface area contributed by atoms with Crippen molar-refractivity contribution >= 4 is 16.9 Å². The van der Waals surface area contributed by atoms with Crippen LogP contribution in [0.3, 0.4) is 0 Å². The SMILES string of the molecule is CCn1c(=O)[nH]c(=O)c2c(C(=O)NC(C)CO)cc(C(C)C)nc21. The van der Waals surface area contributed by atoms with E-state index in [0.29, 0.717) is 12.2 Å². The van der Waals surface area contributed by atoms with E-state index in [1.54, 1.807) is 19.9 Å². The third kappa shape index (κ3) is 3.23. The van der Waals surface area contributed by atoms with E-state index in [-0.39, 0.29) is 29.1 Å². The third-order valence-corrected chi connectivity index (χ3v) is 3.77. The summed E-state index contributed by atoms with van der Waals surface area (Å²) in [6, 6.07) is 1.10. The Kier molecular flexibility index (Phi) is 5.18. The first-order valence-electron chi connectivity index (χ1n) is 7.89. The summed E-state index contributed by atoms with van der Waals surface area (Å²) >= 11 is 0. The van der Waals surface area contributed by atoms with Crippen molar-refractivity contribution in [2.75, 3.05) is 6.61 Å². The van der Waals surface area contributed by atoms with Crippen molar-refractivity contribution in [1.29, 1.82) is 0 Å². The highest BCUT2D eigenvalue weighted by atomic mass is 16.3. The largest absolute Gasteiger partial charge is 0.394 e. The van der Waals surface area contributed by atoms with E-state index in [0.717, 1.165) is 0 Å². The number of rotatable bonds is 5. The van der Waals surface area contributed by atoms with Crippen molar-refractivity contribution in [2.45, 2.75) is 46.2 Å². The maximum absolute atomic E-state index is 12.5. The van der Waals surface area contributed by atoms with Crippen LogP contribution in [-0.4, -0.2) is 38.2 Å². The highest BCUT2D eigenvalue weighted by Gasteiger charge is 2.20. The summed E-state index contributed by atoms with van der Waals surface area (Å²) in [5.41, 5.74) is -0.258. The second-order valence-electron chi connectivity index (χ2n) is 6.01. The molecular formula is C16H22N4O4. The number of nitrogens with one attached hydrogen (secondary N) is 2. The Balaban J connectivity index is 2.84. The van der Waals surface area contributed by atoms with Gasteiger partial charge in [0.1, 0.15) is 0 Å². The number of carbonyl (C=O) groups excluding carboxylic acids is 1. The van der Waals surface area contributed by atoms with E-state index in [9.17, 15) is 14.4 Å². The lowest BCUT2D eigenvalue weighted by molar-refractivity contribution is 0.0923. The van der Waals surface area contributed by atoms with Crippen molar-refractivity contribution in [3.8, 4) is 0 Å². The van der Waals surface area contributed by atoms with Crippen LogP contribution in [0.5, 0.6) is 0 Å². The molecule has 2 aromatic rings. The van der Waals surface area contributed by atoms with E-state index in [1.807, 2.05) is 13.8 Å². The molecule has 0 saturated heterocycles. The van der Waals surface area contributed by atoms with E-state index in [2.05, 4.69) is 15.3 Å². The van der Waals surface area contributed by atoms with Gasteiger partial charge in [-0.1, -0.05) is 13.8 Å². The molecule has 0 radical (unpaired) electrons. The van der Waals surface area contributed by atoms with Crippen molar-refractivity contribution in [3.05, 3.63) is 38.2 Å². The van der Waals surface area contributed by atoms with Crippen LogP contribution < -0.4 is 16.6 Å². The number of fused-ring (bicyclic) bond motifs is 1. The van der Waals surface area contributed by atoms with Crippen molar-refractivity contribution in [1.82, 2.24) is 19.9 Å². The molecule has 130 valence electrons. The quantitative estimate of drug-likeness (QED) is 0.729. The lowest BCUT2D eigenvalue weighted by Gasteiger charge is -2.15. The van der Waals surface area contributed by atoms with Crippen LogP contribution in [0, 0.1) is 0 Å². The van der Waals surface area contributed by atoms with Crippen molar-refractivity contribution in [3.63, 3.8) is 0 Å². The van der Waals surface area contributed by atoms with Crippen LogP contribution in [0.1, 0.15) is 49.7 Å². The zero-order valence-electron chi connectivity index (χ0n) is 14.2. The highest BCUT2D eigenvalue weighted by Crippen LogP contribution is 2.19. The highest BCUT2D eigenvalue weighted by molar-refractivity contribution is 6.05. The molecule has 2 aromatic heterocycles. The van der Waals surface area contributed by atoms with Crippen molar-refractivity contribution in [2.24, 2.45) is 0 Å². The third-order valence-electron chi connectivity index (χ3n) is 3.77. The van der Waals surface area contributed by atoms with Gasteiger partial charge in [0, 0.05) is 18.3 Å². The van der Waals surface area contributed by atoms with Gasteiger partial charge < -0.3 is 10.4 Å². The molecule has 1 atom stereocenters. The van der Waals surface area contributed by atoms with Crippen LogP contribution in [0.15, 0.2) is 15.7 Å². The van der Waals surface area contributed by atoms with Gasteiger partial charge in [-0.2, -0.15) is 0 Å². The molecule has 0 saturated carbocycles. The number of H-pyrrole nitrogens is 1. The Bertz CT molecular complexity index is 882. The van der Waals surface area contributed by atoms with Gasteiger partial charge in [0.25, 0.3) is 11.5 Å². The molecule has 1 unspecified atom stereocenters. The van der Waals surface area contributed by atoms with Gasteiger partial charge >= 0.3 is 5.69 Å². The topological polar surface area (TPSA) is 117 Å². The minimum absolute atomic E-state index is 0.0101.